The Morgan fingerprint density at radius 2 is 1.81 bits per heavy atom. The number of aliphatic hydroxyl groups excluding tert-OH is 1. The largest absolute Gasteiger partial charge is 0.393 e. The maximum atomic E-state index is 13.6. The number of hydrogen-bond donors (Lipinski definition) is 3. The molecule has 0 aromatic heterocycles. The Balaban J connectivity index is 1.90. The molecular weight excluding hydrogens is 519 g/mol. The molecule has 198 valence electrons. The summed E-state index contributed by atoms with van der Waals surface area (Å²) in [6.07, 6.45) is 0.143. The molecule has 1 aliphatic rings. The quantitative estimate of drug-likeness (QED) is 0.418. The first-order valence-corrected chi connectivity index (χ1v) is 13.5. The van der Waals surface area contributed by atoms with Crippen molar-refractivity contribution in [1.82, 2.24) is 0 Å². The number of aliphatic hydroxyl groups is 2. The Morgan fingerprint density at radius 1 is 1.19 bits per heavy atom. The van der Waals surface area contributed by atoms with Gasteiger partial charge in [0.1, 0.15) is 0 Å². The van der Waals surface area contributed by atoms with E-state index in [1.807, 2.05) is 6.92 Å². The lowest BCUT2D eigenvalue weighted by molar-refractivity contribution is -0.112. The van der Waals surface area contributed by atoms with E-state index < -0.39 is 56.1 Å². The monoisotopic (exact) mass is 547 g/mol. The van der Waals surface area contributed by atoms with Crippen LogP contribution in [0.15, 0.2) is 35.2 Å². The van der Waals surface area contributed by atoms with Crippen molar-refractivity contribution < 1.29 is 36.6 Å². The van der Waals surface area contributed by atoms with E-state index in [1.54, 1.807) is 13.8 Å². The molecule has 0 saturated heterocycles. The van der Waals surface area contributed by atoms with Crippen LogP contribution < -0.4 is 5.32 Å². The van der Waals surface area contributed by atoms with Gasteiger partial charge in [0.05, 0.1) is 26.9 Å². The maximum absolute atomic E-state index is 13.6. The molecule has 2 aromatic carbocycles. The van der Waals surface area contributed by atoms with Crippen molar-refractivity contribution in [1.29, 1.82) is 0 Å². The maximum Gasteiger partial charge on any atom is 0.255 e. The van der Waals surface area contributed by atoms with Gasteiger partial charge in [-0.05, 0) is 49.8 Å². The number of hydrogen-bond acceptors (Lipinski definition) is 5. The lowest BCUT2D eigenvalue weighted by Crippen LogP contribution is -2.53. The van der Waals surface area contributed by atoms with E-state index in [-0.39, 0.29) is 46.3 Å². The van der Waals surface area contributed by atoms with E-state index in [0.717, 1.165) is 6.07 Å². The summed E-state index contributed by atoms with van der Waals surface area (Å²) in [7, 11) is -4.05. The van der Waals surface area contributed by atoms with Crippen LogP contribution in [0.25, 0.3) is 0 Å². The minimum Gasteiger partial charge on any atom is -0.393 e. The fourth-order valence-electron chi connectivity index (χ4n) is 5.11. The van der Waals surface area contributed by atoms with Crippen molar-refractivity contribution in [3.63, 3.8) is 0 Å². The number of anilines is 1. The van der Waals surface area contributed by atoms with Crippen LogP contribution >= 0.6 is 11.6 Å². The molecule has 0 radical (unpaired) electrons. The van der Waals surface area contributed by atoms with E-state index in [2.05, 4.69) is 5.32 Å². The molecule has 0 aliphatic heterocycles. The van der Waals surface area contributed by atoms with Gasteiger partial charge >= 0.3 is 0 Å². The van der Waals surface area contributed by atoms with Gasteiger partial charge in [0.15, 0.2) is 27.3 Å². The lowest BCUT2D eigenvalue weighted by atomic mass is 9.65. The number of amides is 1. The van der Waals surface area contributed by atoms with Crippen LogP contribution in [0, 0.1) is 29.3 Å². The molecule has 6 nitrogen and oxygen atoms in total. The lowest BCUT2D eigenvalue weighted by Gasteiger charge is -2.48. The second-order valence-electron chi connectivity index (χ2n) is 9.54. The number of nitrogens with one attached hydrogen (secondary N) is 1. The molecule has 0 spiro atoms. The number of carbonyl (C=O) groups is 1. The Labute approximate surface area is 213 Å². The highest BCUT2D eigenvalue weighted by Gasteiger charge is 2.50. The van der Waals surface area contributed by atoms with Crippen molar-refractivity contribution in [3.8, 4) is 0 Å². The van der Waals surface area contributed by atoms with Crippen LogP contribution in [0.1, 0.15) is 56.8 Å². The number of carbonyl (C=O) groups excluding carboxylic acids is 1. The van der Waals surface area contributed by atoms with Gasteiger partial charge in [0.25, 0.3) is 5.91 Å². The zero-order chi connectivity index (χ0) is 27.0. The van der Waals surface area contributed by atoms with Gasteiger partial charge in [-0.15, -0.1) is 0 Å². The molecule has 36 heavy (non-hydrogen) atoms. The van der Waals surface area contributed by atoms with Crippen LogP contribution in [0.4, 0.5) is 18.9 Å². The third-order valence-corrected chi connectivity index (χ3v) is 9.67. The van der Waals surface area contributed by atoms with Crippen LogP contribution in [-0.4, -0.2) is 41.5 Å². The average Bonchev–Trinajstić information content (AvgIpc) is 2.78. The van der Waals surface area contributed by atoms with Crippen LogP contribution in [0.2, 0.25) is 5.02 Å². The predicted octanol–water partition coefficient (Wildman–Crippen LogP) is 5.11. The smallest absolute Gasteiger partial charge is 0.255 e. The molecule has 3 rings (SSSR count). The number of sulfone groups is 1. The molecule has 3 N–H and O–H groups in total. The summed E-state index contributed by atoms with van der Waals surface area (Å²) in [6, 6.07) is 4.79. The summed E-state index contributed by atoms with van der Waals surface area (Å²) in [4.78, 5) is 12.4. The van der Waals surface area contributed by atoms with Crippen molar-refractivity contribution in [2.75, 3.05) is 5.32 Å². The SMILES string of the molecule is CCC1C[C@@H](S(=O)(=O)c2cc(C(=O)Nc3cc(F)c(F)c(F)c3)ccc2Cl)C[C@H](C)[C@@]1(O)CC(C)O. The highest BCUT2D eigenvalue weighted by molar-refractivity contribution is 7.92. The van der Waals surface area contributed by atoms with Crippen LogP contribution in [-0.2, 0) is 9.84 Å². The molecular formula is C25H29ClF3NO5S. The Hall–Kier alpha value is -2.14. The molecule has 0 heterocycles. The Bertz CT molecular complexity index is 1230. The van der Waals surface area contributed by atoms with Gasteiger partial charge in [-0.3, -0.25) is 4.79 Å². The van der Waals surface area contributed by atoms with Gasteiger partial charge in [-0.1, -0.05) is 31.9 Å². The fourth-order valence-corrected chi connectivity index (χ4v) is 7.56. The molecule has 11 heteroatoms. The number of rotatable bonds is 7. The minimum atomic E-state index is -4.05. The minimum absolute atomic E-state index is 0.101. The highest BCUT2D eigenvalue weighted by Crippen LogP contribution is 2.46. The summed E-state index contributed by atoms with van der Waals surface area (Å²) in [5.74, 6) is -6.35. The van der Waals surface area contributed by atoms with Crippen LogP contribution in [0.5, 0.6) is 0 Å². The normalized spacial score (nSPS) is 25.4. The zero-order valence-electron chi connectivity index (χ0n) is 20.1. The summed E-state index contributed by atoms with van der Waals surface area (Å²) in [5.41, 5.74) is -1.70. The molecule has 5 atom stereocenters. The molecule has 0 bridgehead atoms. The summed E-state index contributed by atoms with van der Waals surface area (Å²) in [5, 5.41) is 22.4. The van der Waals surface area contributed by atoms with Crippen molar-refractivity contribution in [2.45, 2.75) is 68.3 Å². The standard InChI is InChI=1S/C25H29ClF3NO5S/c1-4-16-9-18(7-13(2)25(16,33)12-14(3)31)36(34,35)22-8-15(5-6-19(22)26)24(32)30-17-10-20(27)23(29)21(28)11-17/h5-6,8,10-11,13-14,16,18,31,33H,4,7,9,12H2,1-3H3,(H,30,32)/t13-,14?,16?,18-,25-/m0/s1. The molecule has 1 aliphatic carbocycles. The summed E-state index contributed by atoms with van der Waals surface area (Å²) >= 11 is 6.22. The average molecular weight is 548 g/mol. The van der Waals surface area contributed by atoms with Gasteiger partial charge in [0, 0.05) is 29.8 Å². The van der Waals surface area contributed by atoms with Gasteiger partial charge in [-0.25, -0.2) is 21.6 Å². The van der Waals surface area contributed by atoms with E-state index in [9.17, 15) is 36.6 Å². The first-order chi connectivity index (χ1) is 16.7. The van der Waals surface area contributed by atoms with Crippen molar-refractivity contribution in [3.05, 3.63) is 58.4 Å². The third kappa shape index (κ3) is 5.56. The fraction of sp³-hybridized carbons (Fsp3) is 0.480. The van der Waals surface area contributed by atoms with E-state index in [0.29, 0.717) is 18.6 Å². The second-order valence-corrected chi connectivity index (χ2v) is 12.1. The molecule has 1 saturated carbocycles. The summed E-state index contributed by atoms with van der Waals surface area (Å²) in [6.45, 7) is 5.17. The van der Waals surface area contributed by atoms with Crippen molar-refractivity contribution in [2.24, 2.45) is 11.8 Å². The molecule has 1 amide bonds. The highest BCUT2D eigenvalue weighted by atomic mass is 35.5. The first kappa shape index (κ1) is 28.4. The summed E-state index contributed by atoms with van der Waals surface area (Å²) < 4.78 is 67.4. The topological polar surface area (TPSA) is 104 Å². The van der Waals surface area contributed by atoms with Gasteiger partial charge in [0.2, 0.25) is 0 Å². The molecule has 2 aromatic rings. The Kier molecular flexibility index (Phi) is 8.44. The van der Waals surface area contributed by atoms with E-state index >= 15 is 0 Å². The predicted molar refractivity (Wildman–Crippen MR) is 130 cm³/mol. The van der Waals surface area contributed by atoms with E-state index in [4.69, 9.17) is 11.6 Å². The van der Waals surface area contributed by atoms with E-state index in [1.165, 1.54) is 12.1 Å². The van der Waals surface area contributed by atoms with Gasteiger partial charge < -0.3 is 15.5 Å². The van der Waals surface area contributed by atoms with Crippen LogP contribution in [0.3, 0.4) is 0 Å². The molecule has 2 unspecified atom stereocenters. The zero-order valence-corrected chi connectivity index (χ0v) is 21.6. The number of halogens is 4. The molecule has 1 fully saturated rings. The Morgan fingerprint density at radius 3 is 2.36 bits per heavy atom. The van der Waals surface area contributed by atoms with Gasteiger partial charge in [-0.2, -0.15) is 0 Å². The second kappa shape index (κ2) is 10.7. The third-order valence-electron chi connectivity index (χ3n) is 7.02. The van der Waals surface area contributed by atoms with Crippen molar-refractivity contribution >= 4 is 33.0 Å². The first-order valence-electron chi connectivity index (χ1n) is 11.6. The number of benzene rings is 2.